The molecule has 0 bridgehead atoms. The van der Waals surface area contributed by atoms with E-state index in [4.69, 9.17) is 0 Å². The van der Waals surface area contributed by atoms with Crippen LogP contribution in [0.3, 0.4) is 0 Å². The highest BCUT2D eigenvalue weighted by molar-refractivity contribution is 9.10. The molecule has 0 saturated carbocycles. The first-order valence-electron chi connectivity index (χ1n) is 15.5. The average Bonchev–Trinajstić information content (AvgIpc) is 3.71. The van der Waals surface area contributed by atoms with Crippen LogP contribution in [0.5, 0.6) is 0 Å². The third-order valence-electron chi connectivity index (χ3n) is 10.1. The van der Waals surface area contributed by atoms with Crippen molar-refractivity contribution in [1.29, 1.82) is 0 Å². The van der Waals surface area contributed by atoms with Gasteiger partial charge in [-0.2, -0.15) is 0 Å². The van der Waals surface area contributed by atoms with Crippen molar-refractivity contribution in [2.75, 3.05) is 0 Å². The number of fused-ring (bicyclic) bond motifs is 14. The number of rotatable bonds is 2. The van der Waals surface area contributed by atoms with Crippen LogP contribution in [0.25, 0.3) is 60.9 Å². The Balaban J connectivity index is 1.32. The summed E-state index contributed by atoms with van der Waals surface area (Å²) in [5, 5.41) is 2.56. The van der Waals surface area contributed by atoms with E-state index in [2.05, 4.69) is 178 Å². The summed E-state index contributed by atoms with van der Waals surface area (Å²) in [7, 11) is 0. The predicted octanol–water partition coefficient (Wildman–Crippen LogP) is 11.6. The number of aromatic nitrogens is 1. The third-order valence-corrected chi connectivity index (χ3v) is 10.6. The van der Waals surface area contributed by atoms with Crippen molar-refractivity contribution in [3.63, 3.8) is 0 Å². The summed E-state index contributed by atoms with van der Waals surface area (Å²) in [5.74, 6) is 0. The molecule has 2 aliphatic rings. The molecular weight excluding hydrogens is 610 g/mol. The smallest absolute Gasteiger partial charge is 0.0726 e. The monoisotopic (exact) mass is 635 g/mol. The quantitative estimate of drug-likeness (QED) is 0.178. The van der Waals surface area contributed by atoms with Crippen molar-refractivity contribution in [1.82, 2.24) is 4.57 Å². The zero-order valence-corrected chi connectivity index (χ0v) is 25.9. The van der Waals surface area contributed by atoms with Crippen molar-refractivity contribution in [2.24, 2.45) is 0 Å². The summed E-state index contributed by atoms with van der Waals surface area (Å²) in [5.41, 5.74) is 16.5. The normalized spacial score (nSPS) is 13.6. The Bertz CT molecular complexity index is 2440. The maximum Gasteiger partial charge on any atom is 0.0726 e. The molecule has 0 amide bonds. The Morgan fingerprint density at radius 2 is 0.956 bits per heavy atom. The summed E-state index contributed by atoms with van der Waals surface area (Å²) in [4.78, 5) is 0. The van der Waals surface area contributed by atoms with Crippen LogP contribution in [-0.2, 0) is 5.41 Å². The molecule has 0 fully saturated rings. The molecule has 1 spiro atoms. The van der Waals surface area contributed by atoms with Crippen LogP contribution < -0.4 is 0 Å². The van der Waals surface area contributed by atoms with Crippen molar-refractivity contribution in [3.8, 4) is 39.1 Å². The third kappa shape index (κ3) is 3.22. The van der Waals surface area contributed by atoms with Gasteiger partial charge in [-0.15, -0.1) is 0 Å². The maximum absolute atomic E-state index is 3.57. The van der Waals surface area contributed by atoms with Crippen LogP contribution in [0, 0.1) is 0 Å². The first-order valence-corrected chi connectivity index (χ1v) is 16.3. The van der Waals surface area contributed by atoms with Gasteiger partial charge in [-0.1, -0.05) is 143 Å². The van der Waals surface area contributed by atoms with E-state index in [-0.39, 0.29) is 5.41 Å². The van der Waals surface area contributed by atoms with E-state index in [1.54, 1.807) is 0 Å². The van der Waals surface area contributed by atoms with Gasteiger partial charge in [-0.25, -0.2) is 0 Å². The van der Waals surface area contributed by atoms with E-state index in [1.807, 2.05) is 0 Å². The first-order chi connectivity index (χ1) is 22.2. The van der Waals surface area contributed by atoms with E-state index in [0.717, 1.165) is 4.47 Å². The zero-order valence-electron chi connectivity index (χ0n) is 24.3. The summed E-state index contributed by atoms with van der Waals surface area (Å²) in [6, 6.07) is 58.4. The largest absolute Gasteiger partial charge is 0.309 e. The van der Waals surface area contributed by atoms with Gasteiger partial charge in [-0.3, -0.25) is 0 Å². The topological polar surface area (TPSA) is 4.93 Å². The second-order valence-electron chi connectivity index (χ2n) is 12.2. The minimum atomic E-state index is -0.361. The van der Waals surface area contributed by atoms with Gasteiger partial charge in [0.2, 0.25) is 0 Å². The number of nitrogens with zero attached hydrogens (tertiary/aromatic N) is 1. The molecule has 0 atom stereocenters. The van der Waals surface area contributed by atoms with Crippen molar-refractivity contribution >= 4 is 37.7 Å². The van der Waals surface area contributed by atoms with Crippen molar-refractivity contribution in [3.05, 3.63) is 184 Å². The van der Waals surface area contributed by atoms with Gasteiger partial charge in [0.15, 0.2) is 0 Å². The SMILES string of the molecule is Brc1ccc(-c2ccc(-n3c4ccccc4c4ccc5c(c43)-c3ccccc3C53c4ccccc4-c4ccccc43)cc2)cc1. The minimum absolute atomic E-state index is 0.361. The molecule has 1 aromatic heterocycles. The number of hydrogen-bond donors (Lipinski definition) is 0. The lowest BCUT2D eigenvalue weighted by atomic mass is 9.70. The molecule has 0 N–H and O–H groups in total. The predicted molar refractivity (Wildman–Crippen MR) is 190 cm³/mol. The Labute approximate surface area is 270 Å². The van der Waals surface area contributed by atoms with Gasteiger partial charge in [-0.05, 0) is 80.4 Å². The highest BCUT2D eigenvalue weighted by Crippen LogP contribution is 2.64. The van der Waals surface area contributed by atoms with E-state index < -0.39 is 0 Å². The molecular formula is C43H26BrN. The van der Waals surface area contributed by atoms with Crippen LogP contribution in [0.4, 0.5) is 0 Å². The second-order valence-corrected chi connectivity index (χ2v) is 13.1. The molecule has 0 aliphatic heterocycles. The van der Waals surface area contributed by atoms with Crippen LogP contribution in [0.2, 0.25) is 0 Å². The van der Waals surface area contributed by atoms with E-state index in [1.165, 1.54) is 83.1 Å². The molecule has 210 valence electrons. The molecule has 0 saturated heterocycles. The van der Waals surface area contributed by atoms with Gasteiger partial charge >= 0.3 is 0 Å². The highest BCUT2D eigenvalue weighted by atomic mass is 79.9. The Hall–Kier alpha value is -5.18. The molecule has 1 heterocycles. The van der Waals surface area contributed by atoms with E-state index >= 15 is 0 Å². The lowest BCUT2D eigenvalue weighted by Crippen LogP contribution is -2.25. The Morgan fingerprint density at radius 3 is 1.62 bits per heavy atom. The number of hydrogen-bond acceptors (Lipinski definition) is 0. The van der Waals surface area contributed by atoms with Crippen LogP contribution >= 0.6 is 15.9 Å². The second kappa shape index (κ2) is 9.17. The fourth-order valence-corrected chi connectivity index (χ4v) is 8.61. The molecule has 0 unspecified atom stereocenters. The van der Waals surface area contributed by atoms with Crippen LogP contribution in [-0.4, -0.2) is 4.57 Å². The molecule has 8 aromatic rings. The summed E-state index contributed by atoms with van der Waals surface area (Å²) < 4.78 is 3.59. The lowest BCUT2D eigenvalue weighted by molar-refractivity contribution is 0.794. The highest BCUT2D eigenvalue weighted by Gasteiger charge is 2.52. The van der Waals surface area contributed by atoms with Crippen molar-refractivity contribution in [2.45, 2.75) is 5.41 Å². The van der Waals surface area contributed by atoms with Crippen molar-refractivity contribution < 1.29 is 0 Å². The molecule has 1 nitrogen and oxygen atoms in total. The Kier molecular flexibility index (Phi) is 5.13. The van der Waals surface area contributed by atoms with E-state index in [9.17, 15) is 0 Å². The fourth-order valence-electron chi connectivity index (χ4n) is 8.34. The van der Waals surface area contributed by atoms with E-state index in [0.29, 0.717) is 0 Å². The zero-order chi connectivity index (χ0) is 29.7. The first kappa shape index (κ1) is 25.2. The van der Waals surface area contributed by atoms with Gasteiger partial charge in [0.1, 0.15) is 0 Å². The average molecular weight is 637 g/mol. The number of benzene rings is 7. The van der Waals surface area contributed by atoms with Gasteiger partial charge < -0.3 is 4.57 Å². The molecule has 45 heavy (non-hydrogen) atoms. The maximum atomic E-state index is 3.57. The van der Waals surface area contributed by atoms with Gasteiger partial charge in [0.05, 0.1) is 16.4 Å². The molecule has 10 rings (SSSR count). The summed E-state index contributed by atoms with van der Waals surface area (Å²) in [6.45, 7) is 0. The minimum Gasteiger partial charge on any atom is -0.309 e. The van der Waals surface area contributed by atoms with Crippen LogP contribution in [0.15, 0.2) is 162 Å². The molecule has 2 heteroatoms. The molecule has 0 radical (unpaired) electrons. The number of halogens is 1. The number of para-hydroxylation sites is 1. The summed E-state index contributed by atoms with van der Waals surface area (Å²) in [6.07, 6.45) is 0. The van der Waals surface area contributed by atoms with Crippen LogP contribution in [0.1, 0.15) is 22.3 Å². The molecule has 7 aromatic carbocycles. The van der Waals surface area contributed by atoms with Gasteiger partial charge in [0, 0.05) is 26.5 Å². The van der Waals surface area contributed by atoms with Gasteiger partial charge in [0.25, 0.3) is 0 Å². The standard InChI is InChI=1S/C43H26BrN/c44-29-21-17-27(18-22-29)28-19-23-30(24-20-28)45-40-16-8-4-11-33(40)34-25-26-39-41(42(34)45)35-12-3-7-15-38(35)43(39)36-13-5-1-9-31(36)32-10-2-6-14-37(32)43/h1-26H. The fraction of sp³-hybridized carbons (Fsp3) is 0.0233. The lowest BCUT2D eigenvalue weighted by Gasteiger charge is -2.30. The summed E-state index contributed by atoms with van der Waals surface area (Å²) >= 11 is 3.57. The molecule has 2 aliphatic carbocycles. The Morgan fingerprint density at radius 1 is 0.422 bits per heavy atom.